The topological polar surface area (TPSA) is 75.3 Å². The summed E-state index contributed by atoms with van der Waals surface area (Å²) in [6, 6.07) is 6.82. The highest BCUT2D eigenvalue weighted by Crippen LogP contribution is 2.12. The fraction of sp³-hybridized carbons (Fsp3) is 0.250. The van der Waals surface area contributed by atoms with Crippen molar-refractivity contribution in [3.63, 3.8) is 0 Å². The first-order chi connectivity index (χ1) is 8.06. The average molecular weight is 232 g/mol. The summed E-state index contributed by atoms with van der Waals surface area (Å²) in [7, 11) is 0. The Kier molecular flexibility index (Phi) is 2.91. The van der Waals surface area contributed by atoms with E-state index in [1.807, 2.05) is 31.2 Å². The first kappa shape index (κ1) is 11.3. The molecule has 5 nitrogen and oxygen atoms in total. The predicted octanol–water partition coefficient (Wildman–Crippen LogP) is 0.520. The molecule has 0 bridgehead atoms. The van der Waals surface area contributed by atoms with Crippen LogP contribution in [0.15, 0.2) is 24.3 Å². The summed E-state index contributed by atoms with van der Waals surface area (Å²) in [6.07, 6.45) is 0.297. The van der Waals surface area contributed by atoms with Crippen LogP contribution in [0.3, 0.4) is 0 Å². The van der Waals surface area contributed by atoms with Crippen molar-refractivity contribution in [1.82, 2.24) is 10.6 Å². The molecule has 1 aromatic carbocycles. The zero-order chi connectivity index (χ0) is 12.4. The Morgan fingerprint density at radius 3 is 2.06 bits per heavy atom. The van der Waals surface area contributed by atoms with Gasteiger partial charge in [-0.25, -0.2) is 4.79 Å². The lowest BCUT2D eigenvalue weighted by molar-refractivity contribution is -0.135. The average Bonchev–Trinajstić information content (AvgIpc) is 2.26. The van der Waals surface area contributed by atoms with Crippen molar-refractivity contribution in [2.45, 2.75) is 13.3 Å². The second-order valence-corrected chi connectivity index (χ2v) is 4.05. The third-order valence-electron chi connectivity index (χ3n) is 2.67. The number of carbonyl (C=O) groups excluding carboxylic acids is 3. The highest BCUT2D eigenvalue weighted by atomic mass is 16.2. The van der Waals surface area contributed by atoms with E-state index in [0.29, 0.717) is 6.42 Å². The van der Waals surface area contributed by atoms with Crippen LogP contribution in [0.2, 0.25) is 0 Å². The molecule has 2 rings (SSSR count). The Labute approximate surface area is 98.2 Å². The first-order valence-corrected chi connectivity index (χ1v) is 5.27. The van der Waals surface area contributed by atoms with Crippen LogP contribution >= 0.6 is 0 Å². The maximum absolute atomic E-state index is 11.5. The van der Waals surface area contributed by atoms with E-state index in [1.54, 1.807) is 0 Å². The van der Waals surface area contributed by atoms with Gasteiger partial charge < -0.3 is 0 Å². The quantitative estimate of drug-likeness (QED) is 0.730. The molecule has 0 aromatic heterocycles. The number of nitrogens with one attached hydrogen (secondary N) is 2. The van der Waals surface area contributed by atoms with Crippen molar-refractivity contribution in [2.75, 3.05) is 0 Å². The van der Waals surface area contributed by atoms with Gasteiger partial charge >= 0.3 is 6.03 Å². The lowest BCUT2D eigenvalue weighted by Crippen LogP contribution is -2.56. The van der Waals surface area contributed by atoms with Gasteiger partial charge in [0.1, 0.15) is 5.92 Å². The molecule has 0 radical (unpaired) electrons. The molecule has 0 spiro atoms. The highest BCUT2D eigenvalue weighted by molar-refractivity contribution is 6.16. The largest absolute Gasteiger partial charge is 0.328 e. The molecule has 1 fully saturated rings. The van der Waals surface area contributed by atoms with Gasteiger partial charge in [-0.05, 0) is 18.9 Å². The fourth-order valence-corrected chi connectivity index (χ4v) is 1.69. The molecule has 0 atom stereocenters. The maximum atomic E-state index is 11.5. The SMILES string of the molecule is Cc1ccc(CC2C(=O)NC(=O)NC2=O)cc1. The Hall–Kier alpha value is -2.17. The normalized spacial score (nSPS) is 16.6. The molecule has 17 heavy (non-hydrogen) atoms. The van der Waals surface area contributed by atoms with Crippen LogP contribution in [0, 0.1) is 12.8 Å². The van der Waals surface area contributed by atoms with E-state index in [-0.39, 0.29) is 0 Å². The molecule has 5 heteroatoms. The predicted molar refractivity (Wildman–Crippen MR) is 60.1 cm³/mol. The Balaban J connectivity index is 2.12. The number of carbonyl (C=O) groups is 3. The number of imide groups is 2. The molecule has 1 aliphatic heterocycles. The van der Waals surface area contributed by atoms with Crippen LogP contribution in [0.5, 0.6) is 0 Å². The number of hydrogen-bond donors (Lipinski definition) is 2. The van der Waals surface area contributed by atoms with E-state index < -0.39 is 23.8 Å². The smallest absolute Gasteiger partial charge is 0.277 e. The first-order valence-electron chi connectivity index (χ1n) is 5.27. The van der Waals surface area contributed by atoms with Gasteiger partial charge in [0.15, 0.2) is 0 Å². The van der Waals surface area contributed by atoms with Crippen molar-refractivity contribution in [3.8, 4) is 0 Å². The molecule has 88 valence electrons. The Bertz CT molecular complexity index is 459. The Morgan fingerprint density at radius 1 is 1.00 bits per heavy atom. The lowest BCUT2D eigenvalue weighted by Gasteiger charge is -2.20. The Morgan fingerprint density at radius 2 is 1.53 bits per heavy atom. The van der Waals surface area contributed by atoms with E-state index in [0.717, 1.165) is 11.1 Å². The lowest BCUT2D eigenvalue weighted by atomic mass is 9.96. The summed E-state index contributed by atoms with van der Waals surface area (Å²) >= 11 is 0. The van der Waals surface area contributed by atoms with Crippen molar-refractivity contribution < 1.29 is 14.4 Å². The summed E-state index contributed by atoms with van der Waals surface area (Å²) in [5.41, 5.74) is 2.00. The number of hydrogen-bond acceptors (Lipinski definition) is 3. The molecule has 0 aliphatic carbocycles. The number of benzene rings is 1. The molecule has 0 saturated carbocycles. The van der Waals surface area contributed by atoms with Gasteiger partial charge in [0.05, 0.1) is 0 Å². The molecular formula is C12H12N2O3. The minimum atomic E-state index is -0.838. The van der Waals surface area contributed by atoms with Crippen molar-refractivity contribution in [1.29, 1.82) is 0 Å². The molecule has 2 N–H and O–H groups in total. The summed E-state index contributed by atoms with van der Waals surface area (Å²) in [6.45, 7) is 1.96. The number of aryl methyl sites for hydroxylation is 1. The summed E-state index contributed by atoms with van der Waals surface area (Å²) < 4.78 is 0. The third-order valence-corrected chi connectivity index (χ3v) is 2.67. The fourth-order valence-electron chi connectivity index (χ4n) is 1.69. The molecule has 0 unspecified atom stereocenters. The van der Waals surface area contributed by atoms with E-state index in [2.05, 4.69) is 10.6 Å². The van der Waals surface area contributed by atoms with Crippen LogP contribution in [-0.4, -0.2) is 17.8 Å². The van der Waals surface area contributed by atoms with Crippen LogP contribution in [0.1, 0.15) is 11.1 Å². The number of urea groups is 1. The molecule has 1 aromatic rings. The van der Waals surface area contributed by atoms with Crippen LogP contribution in [0.25, 0.3) is 0 Å². The second-order valence-electron chi connectivity index (χ2n) is 4.05. The van der Waals surface area contributed by atoms with Gasteiger partial charge in [0, 0.05) is 0 Å². The van der Waals surface area contributed by atoms with Crippen LogP contribution in [0.4, 0.5) is 4.79 Å². The van der Waals surface area contributed by atoms with Gasteiger partial charge in [0.25, 0.3) is 0 Å². The third kappa shape index (κ3) is 2.50. The number of rotatable bonds is 2. The van der Waals surface area contributed by atoms with Crippen LogP contribution in [-0.2, 0) is 16.0 Å². The van der Waals surface area contributed by atoms with Crippen LogP contribution < -0.4 is 10.6 Å². The van der Waals surface area contributed by atoms with E-state index in [1.165, 1.54) is 0 Å². The van der Waals surface area contributed by atoms with Gasteiger partial charge in [-0.1, -0.05) is 29.8 Å². The van der Waals surface area contributed by atoms with Crippen molar-refractivity contribution in [2.24, 2.45) is 5.92 Å². The van der Waals surface area contributed by atoms with E-state index in [9.17, 15) is 14.4 Å². The molecular weight excluding hydrogens is 220 g/mol. The van der Waals surface area contributed by atoms with Gasteiger partial charge in [-0.15, -0.1) is 0 Å². The van der Waals surface area contributed by atoms with E-state index in [4.69, 9.17) is 0 Å². The van der Waals surface area contributed by atoms with Gasteiger partial charge in [-0.3, -0.25) is 20.2 Å². The zero-order valence-corrected chi connectivity index (χ0v) is 9.32. The van der Waals surface area contributed by atoms with Gasteiger partial charge in [-0.2, -0.15) is 0 Å². The minimum Gasteiger partial charge on any atom is -0.277 e. The maximum Gasteiger partial charge on any atom is 0.328 e. The summed E-state index contributed by atoms with van der Waals surface area (Å²) in [5, 5.41) is 4.16. The van der Waals surface area contributed by atoms with Crippen molar-refractivity contribution >= 4 is 17.8 Å². The van der Waals surface area contributed by atoms with Gasteiger partial charge in [0.2, 0.25) is 11.8 Å². The second kappa shape index (κ2) is 4.37. The highest BCUT2D eigenvalue weighted by Gasteiger charge is 2.33. The molecule has 1 aliphatic rings. The van der Waals surface area contributed by atoms with E-state index >= 15 is 0 Å². The summed E-state index contributed by atoms with van der Waals surface area (Å²) in [5.74, 6) is -1.92. The number of amides is 4. The molecule has 1 saturated heterocycles. The van der Waals surface area contributed by atoms with Crippen molar-refractivity contribution in [3.05, 3.63) is 35.4 Å². The minimum absolute atomic E-state index is 0.297. The molecule has 1 heterocycles. The monoisotopic (exact) mass is 232 g/mol. The summed E-state index contributed by atoms with van der Waals surface area (Å²) in [4.78, 5) is 33.8. The standard InChI is InChI=1S/C12H12N2O3/c1-7-2-4-8(5-3-7)6-9-10(15)13-12(17)14-11(9)16/h2-5,9H,6H2,1H3,(H2,13,14,15,16,17). The number of barbiturate groups is 1. The zero-order valence-electron chi connectivity index (χ0n) is 9.32. The molecule has 4 amide bonds.